The summed E-state index contributed by atoms with van der Waals surface area (Å²) < 4.78 is 0. The maximum absolute atomic E-state index is 10.5. The summed E-state index contributed by atoms with van der Waals surface area (Å²) in [6, 6.07) is 6.56. The van der Waals surface area contributed by atoms with Crippen LogP contribution in [0.1, 0.15) is 20.7 Å². The van der Waals surface area contributed by atoms with E-state index in [9.17, 15) is 29.8 Å². The van der Waals surface area contributed by atoms with Crippen molar-refractivity contribution in [2.45, 2.75) is 0 Å². The van der Waals surface area contributed by atoms with Crippen LogP contribution in [0, 0.1) is 20.2 Å². The molecule has 0 atom stereocenters. The monoisotopic (exact) mass is 364 g/mol. The molecule has 0 radical (unpaired) electrons. The third-order valence-electron chi connectivity index (χ3n) is 2.96. The van der Waals surface area contributed by atoms with E-state index in [1.807, 2.05) is 0 Å². The van der Waals surface area contributed by atoms with Crippen LogP contribution in [0.3, 0.4) is 0 Å². The number of carboxylic acid groups (broad SMARTS) is 2. The van der Waals surface area contributed by atoms with Crippen LogP contribution in [0.5, 0.6) is 0 Å². The molecule has 0 heterocycles. The zero-order chi connectivity index (χ0) is 20.0. The average Bonchev–Trinajstić information content (AvgIpc) is 2.55. The summed E-state index contributed by atoms with van der Waals surface area (Å²) in [6.45, 7) is 0. The minimum Gasteiger partial charge on any atom is -0.478 e. The Morgan fingerprint density at radius 3 is 1.31 bits per heavy atom. The van der Waals surface area contributed by atoms with Crippen molar-refractivity contribution in [1.82, 2.24) is 0 Å². The first-order valence-electron chi connectivity index (χ1n) is 6.59. The molecule has 26 heavy (non-hydrogen) atoms. The number of hydrogen-bond donors (Lipinski definition) is 4. The number of anilines is 2. The van der Waals surface area contributed by atoms with Crippen LogP contribution in [-0.2, 0) is 0 Å². The summed E-state index contributed by atoms with van der Waals surface area (Å²) in [7, 11) is 0. The van der Waals surface area contributed by atoms with Crippen molar-refractivity contribution in [2.24, 2.45) is 0 Å². The standard InChI is InChI=1S/2C7H6N2O4/c2*8-6-2-1-4(9(12)13)3-5(6)7(10)11/h2*1-3H,8H2,(H,10,11). The van der Waals surface area contributed by atoms with Crippen LogP contribution >= 0.6 is 0 Å². The smallest absolute Gasteiger partial charge is 0.338 e. The topological polar surface area (TPSA) is 213 Å². The van der Waals surface area contributed by atoms with E-state index < -0.39 is 21.8 Å². The molecule has 0 unspecified atom stereocenters. The first-order chi connectivity index (χ1) is 12.0. The number of non-ortho nitro benzene ring substituents is 2. The van der Waals surface area contributed by atoms with Gasteiger partial charge in [-0.3, -0.25) is 20.2 Å². The second kappa shape index (κ2) is 8.05. The predicted molar refractivity (Wildman–Crippen MR) is 88.9 cm³/mol. The van der Waals surface area contributed by atoms with E-state index in [0.717, 1.165) is 24.3 Å². The number of rotatable bonds is 4. The first kappa shape index (κ1) is 19.8. The molecular formula is C14H12N4O8. The van der Waals surface area contributed by atoms with Gasteiger partial charge in [0.1, 0.15) is 0 Å². The Kier molecular flexibility index (Phi) is 6.14. The van der Waals surface area contributed by atoms with Gasteiger partial charge in [0.2, 0.25) is 0 Å². The van der Waals surface area contributed by atoms with E-state index in [0.29, 0.717) is 0 Å². The molecule has 0 spiro atoms. The summed E-state index contributed by atoms with van der Waals surface area (Å²) in [4.78, 5) is 40.2. The summed E-state index contributed by atoms with van der Waals surface area (Å²) in [6.07, 6.45) is 0. The van der Waals surface area contributed by atoms with E-state index in [2.05, 4.69) is 0 Å². The van der Waals surface area contributed by atoms with Gasteiger partial charge in [-0.2, -0.15) is 0 Å². The quantitative estimate of drug-likeness (QED) is 0.350. The lowest BCUT2D eigenvalue weighted by Gasteiger charge is -1.98. The molecule has 0 bridgehead atoms. The van der Waals surface area contributed by atoms with E-state index in [4.69, 9.17) is 21.7 Å². The first-order valence-corrected chi connectivity index (χ1v) is 6.59. The number of nitrogen functional groups attached to an aromatic ring is 2. The maximum atomic E-state index is 10.5. The molecule has 12 nitrogen and oxygen atoms in total. The lowest BCUT2D eigenvalue weighted by molar-refractivity contribution is -0.385. The molecule has 12 heteroatoms. The average molecular weight is 364 g/mol. The van der Waals surface area contributed by atoms with Gasteiger partial charge in [0.05, 0.1) is 21.0 Å². The molecule has 0 aliphatic carbocycles. The van der Waals surface area contributed by atoms with Crippen LogP contribution in [0.25, 0.3) is 0 Å². The Morgan fingerprint density at radius 2 is 1.08 bits per heavy atom. The molecule has 0 aliphatic rings. The van der Waals surface area contributed by atoms with Gasteiger partial charge in [-0.05, 0) is 12.1 Å². The number of hydrogen-bond acceptors (Lipinski definition) is 8. The highest BCUT2D eigenvalue weighted by Crippen LogP contribution is 2.20. The van der Waals surface area contributed by atoms with Crippen molar-refractivity contribution >= 4 is 34.7 Å². The fraction of sp³-hybridized carbons (Fsp3) is 0. The number of benzene rings is 2. The molecule has 0 amide bonds. The van der Waals surface area contributed by atoms with Gasteiger partial charge in [-0.15, -0.1) is 0 Å². The molecule has 2 aromatic carbocycles. The van der Waals surface area contributed by atoms with Gasteiger partial charge in [-0.1, -0.05) is 0 Å². The second-order valence-corrected chi connectivity index (χ2v) is 4.67. The summed E-state index contributed by atoms with van der Waals surface area (Å²) in [5.74, 6) is -2.55. The molecule has 0 saturated carbocycles. The molecule has 0 fully saturated rings. The summed E-state index contributed by atoms with van der Waals surface area (Å²) >= 11 is 0. The van der Waals surface area contributed by atoms with Gasteiger partial charge in [-0.25, -0.2) is 9.59 Å². The Morgan fingerprint density at radius 1 is 0.769 bits per heavy atom. The van der Waals surface area contributed by atoms with Gasteiger partial charge in [0, 0.05) is 35.6 Å². The lowest BCUT2D eigenvalue weighted by atomic mass is 10.1. The highest BCUT2D eigenvalue weighted by Gasteiger charge is 2.14. The number of nitro benzene ring substituents is 2. The molecule has 2 rings (SSSR count). The molecule has 0 aromatic heterocycles. The highest BCUT2D eigenvalue weighted by atomic mass is 16.6. The largest absolute Gasteiger partial charge is 0.478 e. The Labute approximate surface area is 144 Å². The lowest BCUT2D eigenvalue weighted by Crippen LogP contribution is -2.03. The molecule has 2 aromatic rings. The second-order valence-electron chi connectivity index (χ2n) is 4.67. The zero-order valence-electron chi connectivity index (χ0n) is 12.9. The van der Waals surface area contributed by atoms with Crippen LogP contribution in [0.2, 0.25) is 0 Å². The van der Waals surface area contributed by atoms with Crippen molar-refractivity contribution < 1.29 is 29.6 Å². The van der Waals surface area contributed by atoms with E-state index in [1.165, 1.54) is 12.1 Å². The normalized spacial score (nSPS) is 9.54. The van der Waals surface area contributed by atoms with Crippen LogP contribution in [0.4, 0.5) is 22.7 Å². The van der Waals surface area contributed by atoms with Crippen LogP contribution in [-0.4, -0.2) is 32.0 Å². The minimum atomic E-state index is -1.28. The van der Waals surface area contributed by atoms with E-state index in [-0.39, 0.29) is 33.9 Å². The SMILES string of the molecule is Nc1ccc([N+](=O)[O-])cc1C(=O)O.Nc1ccc([N+](=O)[O-])cc1C(=O)O. The van der Waals surface area contributed by atoms with Crippen LogP contribution < -0.4 is 11.5 Å². The molecule has 6 N–H and O–H groups in total. The third-order valence-corrected chi connectivity index (χ3v) is 2.96. The fourth-order valence-electron chi connectivity index (χ4n) is 1.69. The third kappa shape index (κ3) is 4.89. The van der Waals surface area contributed by atoms with Crippen molar-refractivity contribution in [2.75, 3.05) is 11.5 Å². The highest BCUT2D eigenvalue weighted by molar-refractivity contribution is 5.94. The van der Waals surface area contributed by atoms with E-state index >= 15 is 0 Å². The number of nitrogens with zero attached hydrogens (tertiary/aromatic N) is 2. The predicted octanol–water partition coefficient (Wildman–Crippen LogP) is 1.75. The van der Waals surface area contributed by atoms with Gasteiger partial charge >= 0.3 is 11.9 Å². The van der Waals surface area contributed by atoms with Crippen molar-refractivity contribution in [3.8, 4) is 0 Å². The molecule has 0 saturated heterocycles. The Hall–Kier alpha value is -4.22. The molecule has 136 valence electrons. The molecular weight excluding hydrogens is 352 g/mol. The minimum absolute atomic E-state index is 0.0121. The Balaban J connectivity index is 0.000000260. The number of carbonyl (C=O) groups is 2. The number of aromatic carboxylic acids is 2. The molecule has 0 aliphatic heterocycles. The summed E-state index contributed by atoms with van der Waals surface area (Å²) in [5, 5.41) is 37.7. The number of carboxylic acids is 2. The van der Waals surface area contributed by atoms with Crippen molar-refractivity contribution in [3.63, 3.8) is 0 Å². The number of nitro groups is 2. The van der Waals surface area contributed by atoms with Crippen LogP contribution in [0.15, 0.2) is 36.4 Å². The zero-order valence-corrected chi connectivity index (χ0v) is 12.9. The Bertz CT molecular complexity index is 823. The fourth-order valence-corrected chi connectivity index (χ4v) is 1.69. The summed E-state index contributed by atoms with van der Waals surface area (Å²) in [5.41, 5.74) is 9.52. The van der Waals surface area contributed by atoms with Crippen molar-refractivity contribution in [3.05, 3.63) is 67.8 Å². The number of nitrogens with two attached hydrogens (primary N) is 2. The van der Waals surface area contributed by atoms with Gasteiger partial charge in [0.25, 0.3) is 11.4 Å². The maximum Gasteiger partial charge on any atom is 0.338 e. The van der Waals surface area contributed by atoms with Gasteiger partial charge in [0.15, 0.2) is 0 Å². The van der Waals surface area contributed by atoms with E-state index in [1.54, 1.807) is 0 Å². The van der Waals surface area contributed by atoms with Gasteiger partial charge < -0.3 is 21.7 Å². The van der Waals surface area contributed by atoms with Crippen molar-refractivity contribution in [1.29, 1.82) is 0 Å².